The van der Waals surface area contributed by atoms with Gasteiger partial charge in [0, 0.05) is 13.6 Å². The van der Waals surface area contributed by atoms with Crippen molar-refractivity contribution in [2.75, 3.05) is 18.5 Å². The molecule has 0 bridgehead atoms. The molecule has 0 saturated heterocycles. The molecule has 0 atom stereocenters. The summed E-state index contributed by atoms with van der Waals surface area (Å²) in [6.45, 7) is 5.26. The maximum Gasteiger partial charge on any atom is 0.185 e. The van der Waals surface area contributed by atoms with Gasteiger partial charge in [0.25, 0.3) is 0 Å². The van der Waals surface area contributed by atoms with Crippen LogP contribution < -0.4 is 4.90 Å². The molecule has 1 rings (SSSR count). The lowest BCUT2D eigenvalue weighted by Gasteiger charge is -2.14. The van der Waals surface area contributed by atoms with Gasteiger partial charge in [-0.3, -0.25) is 0 Å². The van der Waals surface area contributed by atoms with Crippen molar-refractivity contribution in [1.82, 2.24) is 4.98 Å². The zero-order chi connectivity index (χ0) is 10.6. The first kappa shape index (κ1) is 11.5. The van der Waals surface area contributed by atoms with Crippen molar-refractivity contribution in [3.63, 3.8) is 0 Å². The van der Waals surface area contributed by atoms with E-state index in [1.165, 1.54) is 12.8 Å². The Morgan fingerprint density at radius 1 is 1.50 bits per heavy atom. The molecule has 1 aromatic rings. The lowest BCUT2D eigenvalue weighted by atomic mass is 10.3. The highest BCUT2D eigenvalue weighted by atomic mass is 32.1. The standard InChI is InChI=1S/C10H18N2OS/c1-4-5-6-12(3)10-11-8(2)9(7-13)14-10/h13H,4-7H2,1-3H3. The van der Waals surface area contributed by atoms with Gasteiger partial charge in [-0.15, -0.1) is 0 Å². The predicted octanol–water partition coefficient (Wildman–Crippen LogP) is 2.18. The lowest BCUT2D eigenvalue weighted by molar-refractivity contribution is 0.284. The molecule has 0 aliphatic rings. The van der Waals surface area contributed by atoms with E-state index in [2.05, 4.69) is 23.9 Å². The van der Waals surface area contributed by atoms with Crippen LogP contribution in [0.25, 0.3) is 0 Å². The second kappa shape index (κ2) is 5.32. The van der Waals surface area contributed by atoms with Crippen LogP contribution in [-0.2, 0) is 6.61 Å². The van der Waals surface area contributed by atoms with Crippen molar-refractivity contribution in [3.05, 3.63) is 10.6 Å². The minimum absolute atomic E-state index is 0.102. The first-order valence-corrected chi connectivity index (χ1v) is 5.79. The summed E-state index contributed by atoms with van der Waals surface area (Å²) in [5, 5.41) is 10.1. The van der Waals surface area contributed by atoms with Crippen molar-refractivity contribution >= 4 is 16.5 Å². The first-order valence-electron chi connectivity index (χ1n) is 4.97. The third kappa shape index (κ3) is 2.69. The molecule has 0 spiro atoms. The number of hydrogen-bond acceptors (Lipinski definition) is 4. The molecule has 0 amide bonds. The van der Waals surface area contributed by atoms with Crippen LogP contribution in [0.4, 0.5) is 5.13 Å². The summed E-state index contributed by atoms with van der Waals surface area (Å²) >= 11 is 1.58. The van der Waals surface area contributed by atoms with E-state index in [9.17, 15) is 0 Å². The van der Waals surface area contributed by atoms with Crippen LogP contribution in [0.15, 0.2) is 0 Å². The van der Waals surface area contributed by atoms with Gasteiger partial charge in [0.05, 0.1) is 17.2 Å². The molecule has 0 unspecified atom stereocenters. The lowest BCUT2D eigenvalue weighted by Crippen LogP contribution is -2.17. The van der Waals surface area contributed by atoms with Crippen LogP contribution in [0.3, 0.4) is 0 Å². The number of anilines is 1. The zero-order valence-electron chi connectivity index (χ0n) is 9.08. The van der Waals surface area contributed by atoms with Crippen molar-refractivity contribution in [2.45, 2.75) is 33.3 Å². The number of unbranched alkanes of at least 4 members (excludes halogenated alkanes) is 1. The summed E-state index contributed by atoms with van der Waals surface area (Å²) < 4.78 is 0. The van der Waals surface area contributed by atoms with Crippen molar-refractivity contribution in [3.8, 4) is 0 Å². The Labute approximate surface area is 89.4 Å². The number of rotatable bonds is 5. The Balaban J connectivity index is 2.65. The van der Waals surface area contributed by atoms with E-state index in [0.717, 1.165) is 22.2 Å². The molecule has 1 aromatic heterocycles. The molecule has 0 aromatic carbocycles. The number of hydrogen-bond donors (Lipinski definition) is 1. The average molecular weight is 214 g/mol. The molecule has 0 aliphatic carbocycles. The Morgan fingerprint density at radius 2 is 2.21 bits per heavy atom. The van der Waals surface area contributed by atoms with Crippen LogP contribution >= 0.6 is 11.3 Å². The van der Waals surface area contributed by atoms with Crippen molar-refractivity contribution < 1.29 is 5.11 Å². The Morgan fingerprint density at radius 3 is 2.71 bits per heavy atom. The van der Waals surface area contributed by atoms with Gasteiger partial charge < -0.3 is 10.0 Å². The second-order valence-corrected chi connectivity index (χ2v) is 4.50. The molecule has 4 heteroatoms. The normalized spacial score (nSPS) is 10.6. The van der Waals surface area contributed by atoms with Gasteiger partial charge in [-0.2, -0.15) is 0 Å². The highest BCUT2D eigenvalue weighted by molar-refractivity contribution is 7.15. The SMILES string of the molecule is CCCCN(C)c1nc(C)c(CO)s1. The monoisotopic (exact) mass is 214 g/mol. The van der Waals surface area contributed by atoms with Crippen LogP contribution in [0.5, 0.6) is 0 Å². The first-order chi connectivity index (χ1) is 6.69. The number of aliphatic hydroxyl groups excluding tert-OH is 1. The van der Waals surface area contributed by atoms with Gasteiger partial charge in [-0.05, 0) is 13.3 Å². The van der Waals surface area contributed by atoms with Crippen LogP contribution in [-0.4, -0.2) is 23.7 Å². The maximum atomic E-state index is 9.04. The number of nitrogens with zero attached hydrogens (tertiary/aromatic N) is 2. The Bertz CT molecular complexity index is 286. The molecule has 14 heavy (non-hydrogen) atoms. The van der Waals surface area contributed by atoms with E-state index in [1.807, 2.05) is 6.92 Å². The fraction of sp³-hybridized carbons (Fsp3) is 0.700. The quantitative estimate of drug-likeness (QED) is 0.816. The van der Waals surface area contributed by atoms with Crippen molar-refractivity contribution in [1.29, 1.82) is 0 Å². The summed E-state index contributed by atoms with van der Waals surface area (Å²) in [5.41, 5.74) is 0.954. The van der Waals surface area contributed by atoms with Crippen molar-refractivity contribution in [2.24, 2.45) is 0 Å². The van der Waals surface area contributed by atoms with Crippen LogP contribution in [0.2, 0.25) is 0 Å². The molecular weight excluding hydrogens is 196 g/mol. The van der Waals surface area contributed by atoms with Crippen LogP contribution in [0.1, 0.15) is 30.3 Å². The van der Waals surface area contributed by atoms with E-state index < -0.39 is 0 Å². The molecule has 0 radical (unpaired) electrons. The highest BCUT2D eigenvalue weighted by Crippen LogP contribution is 2.25. The largest absolute Gasteiger partial charge is 0.391 e. The van der Waals surface area contributed by atoms with Gasteiger partial charge in [-0.25, -0.2) is 4.98 Å². The third-order valence-corrected chi connectivity index (χ3v) is 3.46. The Hall–Kier alpha value is -0.610. The highest BCUT2D eigenvalue weighted by Gasteiger charge is 2.09. The topological polar surface area (TPSA) is 36.4 Å². The smallest absolute Gasteiger partial charge is 0.185 e. The van der Waals surface area contributed by atoms with Crippen LogP contribution in [0, 0.1) is 6.92 Å². The van der Waals surface area contributed by atoms with E-state index >= 15 is 0 Å². The Kier molecular flexibility index (Phi) is 4.35. The number of aryl methyl sites for hydroxylation is 1. The zero-order valence-corrected chi connectivity index (χ0v) is 9.89. The molecule has 3 nitrogen and oxygen atoms in total. The molecule has 0 saturated carbocycles. The van der Waals surface area contributed by atoms with Gasteiger partial charge in [0.1, 0.15) is 0 Å². The predicted molar refractivity (Wildman–Crippen MR) is 61.0 cm³/mol. The van der Waals surface area contributed by atoms with E-state index in [4.69, 9.17) is 5.11 Å². The minimum atomic E-state index is 0.102. The molecule has 1 N–H and O–H groups in total. The summed E-state index contributed by atoms with van der Waals surface area (Å²) in [5.74, 6) is 0. The maximum absolute atomic E-state index is 9.04. The van der Waals surface area contributed by atoms with E-state index in [1.54, 1.807) is 11.3 Å². The number of aromatic nitrogens is 1. The van der Waals surface area contributed by atoms with Gasteiger partial charge in [-0.1, -0.05) is 24.7 Å². The van der Waals surface area contributed by atoms with Gasteiger partial charge in [0.15, 0.2) is 5.13 Å². The number of thiazole rings is 1. The minimum Gasteiger partial charge on any atom is -0.391 e. The molecule has 0 aliphatic heterocycles. The molecule has 0 fully saturated rings. The van der Waals surface area contributed by atoms with Gasteiger partial charge in [0.2, 0.25) is 0 Å². The van der Waals surface area contributed by atoms with Gasteiger partial charge >= 0.3 is 0 Å². The summed E-state index contributed by atoms with van der Waals surface area (Å²) in [7, 11) is 2.05. The summed E-state index contributed by atoms with van der Waals surface area (Å²) in [4.78, 5) is 7.55. The van der Waals surface area contributed by atoms with E-state index in [0.29, 0.717) is 0 Å². The fourth-order valence-corrected chi connectivity index (χ4v) is 2.12. The second-order valence-electron chi connectivity index (χ2n) is 3.44. The average Bonchev–Trinajstić information content (AvgIpc) is 2.56. The summed E-state index contributed by atoms with van der Waals surface area (Å²) in [6.07, 6.45) is 2.38. The molecular formula is C10H18N2OS. The van der Waals surface area contributed by atoms with E-state index in [-0.39, 0.29) is 6.61 Å². The fourth-order valence-electron chi connectivity index (χ4n) is 1.21. The molecule has 80 valence electrons. The third-order valence-electron chi connectivity index (χ3n) is 2.20. The number of aliphatic hydroxyl groups is 1. The summed E-state index contributed by atoms with van der Waals surface area (Å²) in [6, 6.07) is 0. The molecule has 1 heterocycles.